The summed E-state index contributed by atoms with van der Waals surface area (Å²) in [6.45, 7) is 0.0103. The maximum absolute atomic E-state index is 13.1. The molecule has 0 aliphatic heterocycles. The first kappa shape index (κ1) is 11.1. The summed E-state index contributed by atoms with van der Waals surface area (Å²) in [5.41, 5.74) is 16.1. The van der Waals surface area contributed by atoms with E-state index in [-0.39, 0.29) is 6.54 Å². The van der Waals surface area contributed by atoms with E-state index in [0.29, 0.717) is 11.3 Å². The predicted molar refractivity (Wildman–Crippen MR) is 53.6 cm³/mol. The Balaban J connectivity index is 2.73. The van der Waals surface area contributed by atoms with Crippen LogP contribution in [-0.2, 0) is 11.1 Å². The monoisotopic (exact) mass is 218 g/mol. The van der Waals surface area contributed by atoms with E-state index in [1.165, 1.54) is 18.2 Å². The van der Waals surface area contributed by atoms with Crippen molar-refractivity contribution in [1.29, 1.82) is 0 Å². The maximum Gasteiger partial charge on any atom is 0.274 e. The van der Waals surface area contributed by atoms with E-state index in [0.717, 1.165) is 0 Å². The normalized spacial score (nSPS) is 11.6. The van der Waals surface area contributed by atoms with Crippen molar-refractivity contribution in [3.63, 3.8) is 0 Å². The van der Waals surface area contributed by atoms with Gasteiger partial charge >= 0.3 is 0 Å². The first-order valence-corrected chi connectivity index (χ1v) is 5.69. The average Bonchev–Trinajstić information content (AvgIpc) is 2.00. The summed E-state index contributed by atoms with van der Waals surface area (Å²) in [7, 11) is -3.31. The third kappa shape index (κ3) is 3.43. The molecule has 0 aliphatic carbocycles. The molecule has 0 saturated heterocycles. The molecule has 78 valence electrons. The lowest BCUT2D eigenvalue weighted by Crippen LogP contribution is -2.22. The Hall–Kier alpha value is -0.940. The fourth-order valence-electron chi connectivity index (χ4n) is 0.916. The van der Waals surface area contributed by atoms with Crippen molar-refractivity contribution < 1.29 is 8.96 Å². The lowest BCUT2D eigenvalue weighted by atomic mass is 10.2. The number of nitrogens with one attached hydrogen (secondary N) is 1. The summed E-state index contributed by atoms with van der Waals surface area (Å²) < 4.78 is 24.0. The van der Waals surface area contributed by atoms with E-state index in [9.17, 15) is 8.96 Å². The number of rotatable bonds is 3. The van der Waals surface area contributed by atoms with E-state index in [1.807, 2.05) is 0 Å². The molecule has 5 nitrogen and oxygen atoms in total. The molecule has 0 unspecified atom stereocenters. The second-order valence-corrected chi connectivity index (χ2v) is 4.63. The van der Waals surface area contributed by atoms with Crippen molar-refractivity contribution in [3.8, 4) is 0 Å². The van der Waals surface area contributed by atoms with Crippen LogP contribution < -0.4 is 21.8 Å². The zero-order valence-corrected chi connectivity index (χ0v) is 8.30. The van der Waals surface area contributed by atoms with Gasteiger partial charge in [0.2, 0.25) is 0 Å². The first-order chi connectivity index (χ1) is 6.38. The lowest BCUT2D eigenvalue weighted by molar-refractivity contribution is 0.562. The largest absolute Gasteiger partial charge is 0.399 e. The Bertz CT molecular complexity index is 378. The van der Waals surface area contributed by atoms with E-state index in [4.69, 9.17) is 16.7 Å². The molecular formula is C7H12FN4OP. The highest BCUT2D eigenvalue weighted by Crippen LogP contribution is 2.20. The minimum atomic E-state index is -3.31. The smallest absolute Gasteiger partial charge is 0.274 e. The van der Waals surface area contributed by atoms with Crippen molar-refractivity contribution in [2.75, 3.05) is 5.73 Å². The molecule has 1 rings (SSSR count). The summed E-state index contributed by atoms with van der Waals surface area (Å²) >= 11 is 0. The molecular weight excluding hydrogens is 206 g/mol. The molecule has 0 fully saturated rings. The van der Waals surface area contributed by atoms with Crippen LogP contribution in [0.1, 0.15) is 5.56 Å². The molecule has 0 atom stereocenters. The number of hydrogen-bond donors (Lipinski definition) is 4. The van der Waals surface area contributed by atoms with Crippen LogP contribution in [-0.4, -0.2) is 0 Å². The minimum Gasteiger partial charge on any atom is -0.399 e. The van der Waals surface area contributed by atoms with Gasteiger partial charge < -0.3 is 5.73 Å². The standard InChI is InChI=1S/C7H12FN4OP/c8-7-3-6(9)2-1-5(7)4-12-14(10,11)13/h1-3H,4,9H2,(H5,10,11,12,13). The van der Waals surface area contributed by atoms with Gasteiger partial charge in [-0.05, 0) is 12.1 Å². The summed E-state index contributed by atoms with van der Waals surface area (Å²) in [6, 6.07) is 4.19. The zero-order valence-electron chi connectivity index (χ0n) is 7.40. The van der Waals surface area contributed by atoms with Gasteiger partial charge in [0, 0.05) is 17.8 Å². The van der Waals surface area contributed by atoms with Crippen LogP contribution in [0, 0.1) is 5.82 Å². The zero-order chi connectivity index (χ0) is 10.8. The Labute approximate surface area is 81.0 Å². The molecule has 0 radical (unpaired) electrons. The molecule has 1 aromatic rings. The highest BCUT2D eigenvalue weighted by Gasteiger charge is 2.09. The quantitative estimate of drug-likeness (QED) is 0.437. The number of anilines is 1. The Kier molecular flexibility index (Phi) is 3.23. The molecule has 0 aliphatic rings. The molecule has 1 aromatic carbocycles. The fraction of sp³-hybridized carbons (Fsp3) is 0.143. The summed E-state index contributed by atoms with van der Waals surface area (Å²) in [6.07, 6.45) is 0. The summed E-state index contributed by atoms with van der Waals surface area (Å²) in [5.74, 6) is -0.481. The second-order valence-electron chi connectivity index (χ2n) is 2.90. The Morgan fingerprint density at radius 3 is 2.57 bits per heavy atom. The van der Waals surface area contributed by atoms with Crippen molar-refractivity contribution in [2.45, 2.75) is 6.54 Å². The number of halogens is 1. The minimum absolute atomic E-state index is 0.0103. The van der Waals surface area contributed by atoms with Crippen LogP contribution in [0.5, 0.6) is 0 Å². The van der Waals surface area contributed by atoms with Gasteiger partial charge in [-0.25, -0.2) is 9.48 Å². The average molecular weight is 218 g/mol. The van der Waals surface area contributed by atoms with Crippen LogP contribution in [0.15, 0.2) is 18.2 Å². The highest BCUT2D eigenvalue weighted by molar-refractivity contribution is 7.56. The topological polar surface area (TPSA) is 107 Å². The van der Waals surface area contributed by atoms with Gasteiger partial charge in [0.15, 0.2) is 0 Å². The van der Waals surface area contributed by atoms with Gasteiger partial charge in [-0.15, -0.1) is 0 Å². The van der Waals surface area contributed by atoms with Crippen LogP contribution in [0.2, 0.25) is 0 Å². The Morgan fingerprint density at radius 2 is 2.07 bits per heavy atom. The van der Waals surface area contributed by atoms with Gasteiger partial charge in [-0.3, -0.25) is 15.6 Å². The van der Waals surface area contributed by atoms with Crippen LogP contribution in [0.25, 0.3) is 0 Å². The van der Waals surface area contributed by atoms with Gasteiger partial charge in [0.25, 0.3) is 7.59 Å². The fourth-order valence-corrected chi connectivity index (χ4v) is 1.33. The van der Waals surface area contributed by atoms with E-state index >= 15 is 0 Å². The number of hydrogen-bond acceptors (Lipinski definition) is 2. The summed E-state index contributed by atoms with van der Waals surface area (Å²) in [5, 5.41) is 2.33. The van der Waals surface area contributed by atoms with Crippen molar-refractivity contribution in [3.05, 3.63) is 29.6 Å². The molecule has 0 saturated carbocycles. The third-order valence-electron chi connectivity index (χ3n) is 1.59. The molecule has 0 heterocycles. The molecule has 0 amide bonds. The molecule has 0 aromatic heterocycles. The maximum atomic E-state index is 13.1. The van der Waals surface area contributed by atoms with Crippen molar-refractivity contribution >= 4 is 13.3 Å². The van der Waals surface area contributed by atoms with Gasteiger partial charge in [-0.1, -0.05) is 6.07 Å². The van der Waals surface area contributed by atoms with E-state index in [1.54, 1.807) is 0 Å². The number of benzene rings is 1. The van der Waals surface area contributed by atoms with E-state index < -0.39 is 13.4 Å². The second kappa shape index (κ2) is 4.06. The lowest BCUT2D eigenvalue weighted by Gasteiger charge is -2.09. The number of nitrogen functional groups attached to an aromatic ring is 1. The molecule has 0 spiro atoms. The highest BCUT2D eigenvalue weighted by atomic mass is 31.2. The third-order valence-corrected chi connectivity index (χ3v) is 2.25. The molecule has 7 heteroatoms. The van der Waals surface area contributed by atoms with Crippen LogP contribution in [0.4, 0.5) is 10.1 Å². The predicted octanol–water partition coefficient (Wildman–Crippen LogP) is 0.523. The number of nitrogens with two attached hydrogens (primary N) is 3. The van der Waals surface area contributed by atoms with Gasteiger partial charge in [0.1, 0.15) is 5.82 Å². The van der Waals surface area contributed by atoms with Crippen LogP contribution in [0.3, 0.4) is 0 Å². The van der Waals surface area contributed by atoms with Crippen molar-refractivity contribution in [1.82, 2.24) is 5.09 Å². The molecule has 14 heavy (non-hydrogen) atoms. The SMILES string of the molecule is Nc1ccc(CNP(N)(N)=O)c(F)c1. The van der Waals surface area contributed by atoms with Gasteiger partial charge in [-0.2, -0.15) is 0 Å². The van der Waals surface area contributed by atoms with Crippen molar-refractivity contribution in [2.24, 2.45) is 11.0 Å². The molecule has 0 bridgehead atoms. The summed E-state index contributed by atoms with van der Waals surface area (Å²) in [4.78, 5) is 0. The molecule has 7 N–H and O–H groups in total. The van der Waals surface area contributed by atoms with Crippen LogP contribution >= 0.6 is 7.59 Å². The van der Waals surface area contributed by atoms with Gasteiger partial charge in [0.05, 0.1) is 0 Å². The van der Waals surface area contributed by atoms with E-state index in [2.05, 4.69) is 5.09 Å². The Morgan fingerprint density at radius 1 is 1.43 bits per heavy atom. The first-order valence-electron chi connectivity index (χ1n) is 3.85.